The van der Waals surface area contributed by atoms with Crippen LogP contribution in [0.5, 0.6) is 0 Å². The van der Waals surface area contributed by atoms with Crippen LogP contribution in [0.3, 0.4) is 0 Å². The standard InChI is InChI=1S/C18H21NO2/c1-13(2)16-4-3-5-17(11-16)19-12-15-8-6-14(7-9-15)10-18(20)21/h3-9,11,13,19H,10,12H2,1-2H3,(H,20,21). The summed E-state index contributed by atoms with van der Waals surface area (Å²) in [6.07, 6.45) is 0.0736. The van der Waals surface area contributed by atoms with Gasteiger partial charge in [-0.3, -0.25) is 4.79 Å². The van der Waals surface area contributed by atoms with Gasteiger partial charge in [-0.15, -0.1) is 0 Å². The van der Waals surface area contributed by atoms with Crippen molar-refractivity contribution in [3.05, 3.63) is 65.2 Å². The smallest absolute Gasteiger partial charge is 0.307 e. The zero-order valence-electron chi connectivity index (χ0n) is 12.5. The average molecular weight is 283 g/mol. The topological polar surface area (TPSA) is 49.3 Å². The molecule has 3 nitrogen and oxygen atoms in total. The molecular weight excluding hydrogens is 262 g/mol. The van der Waals surface area contributed by atoms with Crippen LogP contribution in [0.25, 0.3) is 0 Å². The molecule has 0 aliphatic heterocycles. The zero-order valence-corrected chi connectivity index (χ0v) is 12.5. The maximum absolute atomic E-state index is 10.6. The highest BCUT2D eigenvalue weighted by molar-refractivity contribution is 5.70. The van der Waals surface area contributed by atoms with E-state index in [2.05, 4.69) is 43.4 Å². The van der Waals surface area contributed by atoms with Crippen molar-refractivity contribution in [3.63, 3.8) is 0 Å². The molecule has 0 spiro atoms. The van der Waals surface area contributed by atoms with E-state index in [0.29, 0.717) is 5.92 Å². The molecule has 0 radical (unpaired) electrons. The number of hydrogen-bond acceptors (Lipinski definition) is 2. The van der Waals surface area contributed by atoms with Gasteiger partial charge in [0.2, 0.25) is 0 Å². The summed E-state index contributed by atoms with van der Waals surface area (Å²) in [6.45, 7) is 5.09. The highest BCUT2D eigenvalue weighted by atomic mass is 16.4. The van der Waals surface area contributed by atoms with Gasteiger partial charge >= 0.3 is 5.97 Å². The van der Waals surface area contributed by atoms with E-state index in [1.54, 1.807) is 0 Å². The molecule has 0 fully saturated rings. The van der Waals surface area contributed by atoms with Gasteiger partial charge in [0.1, 0.15) is 0 Å². The fraction of sp³-hybridized carbons (Fsp3) is 0.278. The molecule has 0 atom stereocenters. The van der Waals surface area contributed by atoms with Crippen molar-refractivity contribution < 1.29 is 9.90 Å². The van der Waals surface area contributed by atoms with Crippen molar-refractivity contribution in [2.75, 3.05) is 5.32 Å². The minimum atomic E-state index is -0.800. The van der Waals surface area contributed by atoms with Crippen LogP contribution in [0.1, 0.15) is 36.5 Å². The predicted octanol–water partition coefficient (Wildman–Crippen LogP) is 4.05. The van der Waals surface area contributed by atoms with E-state index < -0.39 is 5.97 Å². The van der Waals surface area contributed by atoms with Crippen molar-refractivity contribution in [2.45, 2.75) is 32.7 Å². The maximum atomic E-state index is 10.6. The van der Waals surface area contributed by atoms with Crippen molar-refractivity contribution in [2.24, 2.45) is 0 Å². The van der Waals surface area contributed by atoms with Crippen molar-refractivity contribution >= 4 is 11.7 Å². The summed E-state index contributed by atoms with van der Waals surface area (Å²) >= 11 is 0. The molecule has 0 saturated heterocycles. The molecule has 0 saturated carbocycles. The van der Waals surface area contributed by atoms with Gasteiger partial charge in [-0.25, -0.2) is 0 Å². The number of benzene rings is 2. The van der Waals surface area contributed by atoms with Gasteiger partial charge in [0, 0.05) is 12.2 Å². The lowest BCUT2D eigenvalue weighted by molar-refractivity contribution is -0.136. The Balaban J connectivity index is 1.96. The molecule has 110 valence electrons. The van der Waals surface area contributed by atoms with Crippen LogP contribution in [0, 0.1) is 0 Å². The molecule has 2 N–H and O–H groups in total. The van der Waals surface area contributed by atoms with Crippen molar-refractivity contribution in [3.8, 4) is 0 Å². The predicted molar refractivity (Wildman–Crippen MR) is 85.6 cm³/mol. The van der Waals surface area contributed by atoms with Gasteiger partial charge in [-0.2, -0.15) is 0 Å². The number of anilines is 1. The lowest BCUT2D eigenvalue weighted by Gasteiger charge is -2.10. The minimum absolute atomic E-state index is 0.0736. The molecule has 0 unspecified atom stereocenters. The number of nitrogens with one attached hydrogen (secondary N) is 1. The first-order valence-electron chi connectivity index (χ1n) is 7.18. The third-order valence-electron chi connectivity index (χ3n) is 3.43. The van der Waals surface area contributed by atoms with Crippen LogP contribution in [0.15, 0.2) is 48.5 Å². The molecule has 3 heteroatoms. The Morgan fingerprint density at radius 2 is 1.76 bits per heavy atom. The third kappa shape index (κ3) is 4.63. The van der Waals surface area contributed by atoms with E-state index >= 15 is 0 Å². The molecule has 21 heavy (non-hydrogen) atoms. The van der Waals surface area contributed by atoms with E-state index in [0.717, 1.165) is 23.4 Å². The number of carboxylic acid groups (broad SMARTS) is 1. The highest BCUT2D eigenvalue weighted by Crippen LogP contribution is 2.19. The second-order valence-electron chi connectivity index (χ2n) is 5.52. The molecule has 0 aromatic heterocycles. The average Bonchev–Trinajstić information content (AvgIpc) is 2.46. The normalized spacial score (nSPS) is 10.6. The van der Waals surface area contributed by atoms with Gasteiger partial charge in [0.25, 0.3) is 0 Å². The summed E-state index contributed by atoms with van der Waals surface area (Å²) in [7, 11) is 0. The molecule has 0 heterocycles. The van der Waals surface area contributed by atoms with E-state index in [9.17, 15) is 4.79 Å². The second-order valence-corrected chi connectivity index (χ2v) is 5.52. The molecule has 2 rings (SSSR count). The van der Waals surface area contributed by atoms with Crippen molar-refractivity contribution in [1.29, 1.82) is 0 Å². The molecule has 0 aliphatic carbocycles. The first kappa shape index (κ1) is 15.1. The van der Waals surface area contributed by atoms with E-state index in [1.165, 1.54) is 5.56 Å². The van der Waals surface area contributed by atoms with Crippen LogP contribution in [0.4, 0.5) is 5.69 Å². The number of carboxylic acids is 1. The summed E-state index contributed by atoms with van der Waals surface area (Å²) in [5, 5.41) is 12.1. The van der Waals surface area contributed by atoms with E-state index in [1.807, 2.05) is 24.3 Å². The first-order chi connectivity index (χ1) is 10.0. The van der Waals surface area contributed by atoms with Gasteiger partial charge < -0.3 is 10.4 Å². The molecule has 2 aromatic carbocycles. The Morgan fingerprint density at radius 3 is 2.38 bits per heavy atom. The Labute approximate surface area is 125 Å². The van der Waals surface area contributed by atoms with Crippen LogP contribution in [-0.4, -0.2) is 11.1 Å². The lowest BCUT2D eigenvalue weighted by Crippen LogP contribution is -2.02. The fourth-order valence-corrected chi connectivity index (χ4v) is 2.16. The van der Waals surface area contributed by atoms with E-state index in [4.69, 9.17) is 5.11 Å². The van der Waals surface area contributed by atoms with Crippen LogP contribution in [0.2, 0.25) is 0 Å². The summed E-state index contributed by atoms with van der Waals surface area (Å²) in [5.74, 6) is -0.284. The number of aliphatic carboxylic acids is 1. The quantitative estimate of drug-likeness (QED) is 0.841. The lowest BCUT2D eigenvalue weighted by atomic mass is 10.0. The Kier molecular flexibility index (Phi) is 4.99. The van der Waals surface area contributed by atoms with Gasteiger partial charge in [0.15, 0.2) is 0 Å². The summed E-state index contributed by atoms with van der Waals surface area (Å²) in [4.78, 5) is 10.6. The first-order valence-corrected chi connectivity index (χ1v) is 7.18. The highest BCUT2D eigenvalue weighted by Gasteiger charge is 2.02. The molecule has 0 amide bonds. The molecular formula is C18H21NO2. The summed E-state index contributed by atoms with van der Waals surface area (Å²) in [5.41, 5.74) is 4.39. The Hall–Kier alpha value is -2.29. The van der Waals surface area contributed by atoms with Crippen LogP contribution >= 0.6 is 0 Å². The van der Waals surface area contributed by atoms with Gasteiger partial charge in [-0.05, 0) is 34.7 Å². The Bertz CT molecular complexity index is 603. The molecule has 0 aliphatic rings. The zero-order chi connectivity index (χ0) is 15.2. The monoisotopic (exact) mass is 283 g/mol. The SMILES string of the molecule is CC(C)c1cccc(NCc2ccc(CC(=O)O)cc2)c1. The molecule has 2 aromatic rings. The van der Waals surface area contributed by atoms with Crippen LogP contribution in [-0.2, 0) is 17.8 Å². The number of carbonyl (C=O) groups is 1. The minimum Gasteiger partial charge on any atom is -0.481 e. The van der Waals surface area contributed by atoms with Gasteiger partial charge in [-0.1, -0.05) is 50.2 Å². The largest absolute Gasteiger partial charge is 0.481 e. The second kappa shape index (κ2) is 6.93. The summed E-state index contributed by atoms with van der Waals surface area (Å²) < 4.78 is 0. The summed E-state index contributed by atoms with van der Waals surface area (Å²) in [6, 6.07) is 16.1. The number of rotatable bonds is 6. The third-order valence-corrected chi connectivity index (χ3v) is 3.43. The van der Waals surface area contributed by atoms with Crippen LogP contribution < -0.4 is 5.32 Å². The van der Waals surface area contributed by atoms with E-state index in [-0.39, 0.29) is 6.42 Å². The molecule has 0 bridgehead atoms. The maximum Gasteiger partial charge on any atom is 0.307 e. The van der Waals surface area contributed by atoms with Crippen molar-refractivity contribution in [1.82, 2.24) is 0 Å². The fourth-order valence-electron chi connectivity index (χ4n) is 2.16. The van der Waals surface area contributed by atoms with Gasteiger partial charge in [0.05, 0.1) is 6.42 Å². The number of hydrogen-bond donors (Lipinski definition) is 2. The Morgan fingerprint density at radius 1 is 1.10 bits per heavy atom.